The van der Waals surface area contributed by atoms with Crippen LogP contribution in [0.15, 0.2) is 12.3 Å². The molecule has 0 spiro atoms. The van der Waals surface area contributed by atoms with E-state index in [0.29, 0.717) is 0 Å². The molecule has 1 fully saturated rings. The zero-order valence-corrected chi connectivity index (χ0v) is 12.0. The van der Waals surface area contributed by atoms with Crippen molar-refractivity contribution in [3.63, 3.8) is 0 Å². The van der Waals surface area contributed by atoms with Crippen LogP contribution in [0.5, 0.6) is 0 Å². The number of nitrogens with one attached hydrogen (secondary N) is 1. The van der Waals surface area contributed by atoms with Crippen LogP contribution in [0.2, 0.25) is 0 Å². The van der Waals surface area contributed by atoms with E-state index < -0.39 is 0 Å². The maximum atomic E-state index is 6.00. The second kappa shape index (κ2) is 4.25. The smallest absolute Gasteiger partial charge is 0.399 e. The van der Waals surface area contributed by atoms with Gasteiger partial charge in [0.25, 0.3) is 0 Å². The maximum absolute atomic E-state index is 6.00. The van der Waals surface area contributed by atoms with Crippen LogP contribution in [0, 0.1) is 6.92 Å². The van der Waals surface area contributed by atoms with Crippen molar-refractivity contribution < 1.29 is 9.31 Å². The lowest BCUT2D eigenvalue weighted by Gasteiger charge is -2.32. The molecule has 0 saturated carbocycles. The molecule has 2 rings (SSSR count). The van der Waals surface area contributed by atoms with Crippen molar-refractivity contribution in [1.82, 2.24) is 4.98 Å². The third kappa shape index (κ3) is 2.13. The van der Waals surface area contributed by atoms with Gasteiger partial charge in [-0.3, -0.25) is 4.98 Å². The lowest BCUT2D eigenvalue weighted by molar-refractivity contribution is 0.00578. The van der Waals surface area contributed by atoms with E-state index in [9.17, 15) is 0 Å². The van der Waals surface area contributed by atoms with Gasteiger partial charge < -0.3 is 14.6 Å². The Balaban J connectivity index is 2.30. The van der Waals surface area contributed by atoms with Crippen molar-refractivity contribution in [1.29, 1.82) is 0 Å². The Morgan fingerprint density at radius 2 is 1.72 bits per heavy atom. The Morgan fingerprint density at radius 3 is 2.22 bits per heavy atom. The highest BCUT2D eigenvalue weighted by molar-refractivity contribution is 6.62. The van der Waals surface area contributed by atoms with Gasteiger partial charge in [-0.1, -0.05) is 0 Å². The van der Waals surface area contributed by atoms with Crippen LogP contribution in [0.3, 0.4) is 0 Å². The van der Waals surface area contributed by atoms with Crippen LogP contribution < -0.4 is 10.8 Å². The van der Waals surface area contributed by atoms with Crippen molar-refractivity contribution in [3.05, 3.63) is 18.0 Å². The summed E-state index contributed by atoms with van der Waals surface area (Å²) < 4.78 is 12.0. The van der Waals surface area contributed by atoms with E-state index in [1.165, 1.54) is 0 Å². The summed E-state index contributed by atoms with van der Waals surface area (Å²) in [4.78, 5) is 4.37. The molecule has 5 heteroatoms. The summed E-state index contributed by atoms with van der Waals surface area (Å²) in [6.07, 6.45) is 1.82. The van der Waals surface area contributed by atoms with E-state index >= 15 is 0 Å². The van der Waals surface area contributed by atoms with Crippen LogP contribution in [0.25, 0.3) is 0 Å². The number of nitrogens with zero attached hydrogens (tertiary/aromatic N) is 1. The van der Waals surface area contributed by atoms with Gasteiger partial charge in [-0.15, -0.1) is 0 Å². The molecule has 0 radical (unpaired) electrons. The van der Waals surface area contributed by atoms with Crippen molar-refractivity contribution in [2.75, 3.05) is 12.4 Å². The zero-order valence-electron chi connectivity index (χ0n) is 12.0. The molecule has 0 amide bonds. The van der Waals surface area contributed by atoms with Crippen LogP contribution >= 0.6 is 0 Å². The van der Waals surface area contributed by atoms with Crippen LogP contribution in [-0.4, -0.2) is 30.4 Å². The van der Waals surface area contributed by atoms with Crippen molar-refractivity contribution in [2.24, 2.45) is 0 Å². The zero-order chi connectivity index (χ0) is 13.6. The third-order valence-corrected chi connectivity index (χ3v) is 3.90. The van der Waals surface area contributed by atoms with Gasteiger partial charge in [-0.05, 0) is 40.7 Å². The lowest BCUT2D eigenvalue weighted by Crippen LogP contribution is -2.41. The molecule has 18 heavy (non-hydrogen) atoms. The molecule has 1 N–H and O–H groups in total. The highest BCUT2D eigenvalue weighted by atomic mass is 16.7. The minimum atomic E-state index is -0.352. The molecule has 0 atom stereocenters. The van der Waals surface area contributed by atoms with E-state index in [1.54, 1.807) is 0 Å². The molecule has 1 aromatic rings. The molecule has 98 valence electrons. The summed E-state index contributed by atoms with van der Waals surface area (Å²) in [7, 11) is 1.54. The summed E-state index contributed by atoms with van der Waals surface area (Å²) in [5.41, 5.74) is 2.29. The number of rotatable bonds is 2. The predicted octanol–water partition coefficient (Wildman–Crippen LogP) is 1.73. The first-order valence-corrected chi connectivity index (χ1v) is 6.27. The Bertz CT molecular complexity index is 444. The van der Waals surface area contributed by atoms with Crippen molar-refractivity contribution >= 4 is 18.3 Å². The monoisotopic (exact) mass is 248 g/mol. The van der Waals surface area contributed by atoms with E-state index in [4.69, 9.17) is 9.31 Å². The number of aryl methyl sites for hydroxylation is 1. The Morgan fingerprint density at radius 1 is 1.17 bits per heavy atom. The largest absolute Gasteiger partial charge is 0.496 e. The summed E-state index contributed by atoms with van der Waals surface area (Å²) in [5.74, 6) is 0. The van der Waals surface area contributed by atoms with Gasteiger partial charge in [0.1, 0.15) is 0 Å². The third-order valence-electron chi connectivity index (χ3n) is 3.90. The normalized spacial score (nSPS) is 21.1. The standard InChI is InChI=1S/C13H21BN2O2/c1-9-11(15-6)7-10(8-16-9)14-17-12(2,3)13(4,5)18-14/h7-8,15H,1-6H3. The second-order valence-electron chi connectivity index (χ2n) is 5.74. The minimum Gasteiger partial charge on any atom is -0.399 e. The molecule has 1 aromatic heterocycles. The van der Waals surface area contributed by atoms with Crippen LogP contribution in [0.1, 0.15) is 33.4 Å². The topological polar surface area (TPSA) is 43.4 Å². The number of anilines is 1. The summed E-state index contributed by atoms with van der Waals surface area (Å²) in [5, 5.41) is 3.13. The fourth-order valence-corrected chi connectivity index (χ4v) is 1.91. The van der Waals surface area contributed by atoms with Crippen LogP contribution in [0.4, 0.5) is 5.69 Å². The quantitative estimate of drug-likeness (QED) is 0.809. The van der Waals surface area contributed by atoms with Gasteiger partial charge in [-0.2, -0.15) is 0 Å². The highest BCUT2D eigenvalue weighted by Gasteiger charge is 2.51. The first-order chi connectivity index (χ1) is 8.27. The van der Waals surface area contributed by atoms with E-state index in [1.807, 2.05) is 53.9 Å². The second-order valence-corrected chi connectivity index (χ2v) is 5.74. The van der Waals surface area contributed by atoms with Gasteiger partial charge in [0, 0.05) is 18.7 Å². The van der Waals surface area contributed by atoms with Gasteiger partial charge in [0.05, 0.1) is 22.6 Å². The number of pyridine rings is 1. The van der Waals surface area contributed by atoms with Gasteiger partial charge in [-0.25, -0.2) is 0 Å². The molecule has 4 nitrogen and oxygen atoms in total. The predicted molar refractivity (Wildman–Crippen MR) is 74.2 cm³/mol. The molecular formula is C13H21BN2O2. The molecule has 0 aliphatic carbocycles. The first kappa shape index (κ1) is 13.4. The van der Waals surface area contributed by atoms with Crippen molar-refractivity contribution in [2.45, 2.75) is 45.8 Å². The fourth-order valence-electron chi connectivity index (χ4n) is 1.91. The Hall–Kier alpha value is -1.07. The summed E-state index contributed by atoms with van der Waals surface area (Å²) >= 11 is 0. The van der Waals surface area contributed by atoms with Crippen LogP contribution in [-0.2, 0) is 9.31 Å². The van der Waals surface area contributed by atoms with Gasteiger partial charge >= 0.3 is 7.12 Å². The molecule has 0 bridgehead atoms. The Kier molecular flexibility index (Phi) is 3.15. The van der Waals surface area contributed by atoms with Gasteiger partial charge in [0.2, 0.25) is 0 Å². The lowest BCUT2D eigenvalue weighted by atomic mass is 9.80. The van der Waals surface area contributed by atoms with E-state index in [0.717, 1.165) is 16.8 Å². The number of hydrogen-bond donors (Lipinski definition) is 1. The molecule has 2 heterocycles. The molecule has 1 aliphatic heterocycles. The average molecular weight is 248 g/mol. The average Bonchev–Trinajstić information content (AvgIpc) is 2.49. The molecular weight excluding hydrogens is 227 g/mol. The SMILES string of the molecule is CNc1cc(B2OC(C)(C)C(C)(C)O2)cnc1C. The summed E-state index contributed by atoms with van der Waals surface area (Å²) in [6, 6.07) is 2.03. The Labute approximate surface area is 109 Å². The fraction of sp³-hybridized carbons (Fsp3) is 0.615. The minimum absolute atomic E-state index is 0.317. The maximum Gasteiger partial charge on any atom is 0.496 e. The summed E-state index contributed by atoms with van der Waals surface area (Å²) in [6.45, 7) is 10.2. The number of hydrogen-bond acceptors (Lipinski definition) is 4. The number of aromatic nitrogens is 1. The molecule has 1 saturated heterocycles. The molecule has 0 unspecified atom stereocenters. The van der Waals surface area contributed by atoms with E-state index in [2.05, 4.69) is 10.3 Å². The van der Waals surface area contributed by atoms with Gasteiger partial charge in [0.15, 0.2) is 0 Å². The molecule has 1 aliphatic rings. The van der Waals surface area contributed by atoms with E-state index in [-0.39, 0.29) is 18.3 Å². The molecule has 0 aromatic carbocycles. The highest BCUT2D eigenvalue weighted by Crippen LogP contribution is 2.36. The first-order valence-electron chi connectivity index (χ1n) is 6.27. The van der Waals surface area contributed by atoms with Crippen molar-refractivity contribution in [3.8, 4) is 0 Å².